The van der Waals surface area contributed by atoms with Crippen LogP contribution in [-0.2, 0) is 17.6 Å². The van der Waals surface area contributed by atoms with Crippen molar-refractivity contribution in [1.29, 1.82) is 0 Å². The van der Waals surface area contributed by atoms with Crippen molar-refractivity contribution >= 4 is 11.9 Å². The summed E-state index contributed by atoms with van der Waals surface area (Å²) in [5.74, 6) is 0.293. The molecule has 17 heavy (non-hydrogen) atoms. The number of carbonyl (C=O) groups excluding carboxylic acids is 1. The van der Waals surface area contributed by atoms with Gasteiger partial charge in [0.15, 0.2) is 0 Å². The standard InChI is InChI=1S/C16H22O/c1-4-15-11-10-14(12-16(15)5-2)9-7-6-8-13(3)17/h4,10-12H,1,5-9H2,2-3H3. The first kappa shape index (κ1) is 13.7. The highest BCUT2D eigenvalue weighted by Gasteiger charge is 2.00. The lowest BCUT2D eigenvalue weighted by molar-refractivity contribution is -0.117. The first-order chi connectivity index (χ1) is 8.17. The summed E-state index contributed by atoms with van der Waals surface area (Å²) < 4.78 is 0. The topological polar surface area (TPSA) is 17.1 Å². The second-order valence-corrected chi connectivity index (χ2v) is 4.50. The lowest BCUT2D eigenvalue weighted by atomic mass is 9.98. The smallest absolute Gasteiger partial charge is 0.129 e. The molecule has 0 aromatic heterocycles. The van der Waals surface area contributed by atoms with Gasteiger partial charge in [0, 0.05) is 6.42 Å². The Labute approximate surface area is 105 Å². The Kier molecular flexibility index (Phi) is 5.68. The Morgan fingerprint density at radius 2 is 2.12 bits per heavy atom. The van der Waals surface area contributed by atoms with Crippen molar-refractivity contribution < 1.29 is 4.79 Å². The lowest BCUT2D eigenvalue weighted by Gasteiger charge is -2.07. The molecule has 1 aromatic rings. The molecule has 0 aliphatic rings. The van der Waals surface area contributed by atoms with Gasteiger partial charge in [-0.1, -0.05) is 37.8 Å². The van der Waals surface area contributed by atoms with E-state index in [1.807, 2.05) is 6.08 Å². The summed E-state index contributed by atoms with van der Waals surface area (Å²) in [6.07, 6.45) is 6.83. The Bertz CT molecular complexity index is 391. The van der Waals surface area contributed by atoms with E-state index in [0.717, 1.165) is 25.7 Å². The zero-order valence-electron chi connectivity index (χ0n) is 11.0. The fourth-order valence-corrected chi connectivity index (χ4v) is 2.02. The fraction of sp³-hybridized carbons (Fsp3) is 0.438. The summed E-state index contributed by atoms with van der Waals surface area (Å²) in [4.78, 5) is 10.8. The highest BCUT2D eigenvalue weighted by atomic mass is 16.1. The molecular weight excluding hydrogens is 208 g/mol. The van der Waals surface area contributed by atoms with Crippen LogP contribution < -0.4 is 0 Å². The van der Waals surface area contributed by atoms with Crippen LogP contribution in [-0.4, -0.2) is 5.78 Å². The molecule has 1 heteroatoms. The van der Waals surface area contributed by atoms with Crippen LogP contribution in [0.15, 0.2) is 24.8 Å². The van der Waals surface area contributed by atoms with Gasteiger partial charge in [-0.05, 0) is 49.3 Å². The molecule has 0 bridgehead atoms. The SMILES string of the molecule is C=Cc1ccc(CCCCC(C)=O)cc1CC. The third kappa shape index (κ3) is 4.56. The summed E-state index contributed by atoms with van der Waals surface area (Å²) >= 11 is 0. The number of ketones is 1. The van der Waals surface area contributed by atoms with Crippen molar-refractivity contribution in [2.24, 2.45) is 0 Å². The maximum atomic E-state index is 10.8. The maximum absolute atomic E-state index is 10.8. The number of hydrogen-bond acceptors (Lipinski definition) is 1. The van der Waals surface area contributed by atoms with Crippen molar-refractivity contribution in [2.45, 2.75) is 46.0 Å². The van der Waals surface area contributed by atoms with Crippen LogP contribution in [0.1, 0.15) is 49.8 Å². The van der Waals surface area contributed by atoms with Crippen LogP contribution in [0, 0.1) is 0 Å². The lowest BCUT2D eigenvalue weighted by Crippen LogP contribution is -1.94. The minimum absolute atomic E-state index is 0.293. The van der Waals surface area contributed by atoms with Crippen molar-refractivity contribution in [2.75, 3.05) is 0 Å². The molecule has 0 atom stereocenters. The van der Waals surface area contributed by atoms with Gasteiger partial charge in [0.1, 0.15) is 5.78 Å². The predicted octanol–water partition coefficient (Wildman–Crippen LogP) is 4.19. The summed E-state index contributed by atoms with van der Waals surface area (Å²) in [5.41, 5.74) is 3.97. The Balaban J connectivity index is 2.54. The predicted molar refractivity (Wildman–Crippen MR) is 74.1 cm³/mol. The maximum Gasteiger partial charge on any atom is 0.129 e. The second-order valence-electron chi connectivity index (χ2n) is 4.50. The van der Waals surface area contributed by atoms with E-state index in [9.17, 15) is 4.79 Å². The number of unbranched alkanes of at least 4 members (excludes halogenated alkanes) is 1. The van der Waals surface area contributed by atoms with E-state index < -0.39 is 0 Å². The summed E-state index contributed by atoms with van der Waals surface area (Å²) in [6, 6.07) is 6.58. The van der Waals surface area contributed by atoms with Gasteiger partial charge in [-0.25, -0.2) is 0 Å². The summed E-state index contributed by atoms with van der Waals surface area (Å²) in [5, 5.41) is 0. The molecule has 0 saturated heterocycles. The molecule has 0 spiro atoms. The van der Waals surface area contributed by atoms with Gasteiger partial charge in [0.2, 0.25) is 0 Å². The van der Waals surface area contributed by atoms with Crippen LogP contribution in [0.5, 0.6) is 0 Å². The molecule has 0 aliphatic heterocycles. The van der Waals surface area contributed by atoms with E-state index in [1.165, 1.54) is 16.7 Å². The van der Waals surface area contributed by atoms with Crippen molar-refractivity contribution in [1.82, 2.24) is 0 Å². The first-order valence-electron chi connectivity index (χ1n) is 6.41. The Morgan fingerprint density at radius 3 is 2.71 bits per heavy atom. The first-order valence-corrected chi connectivity index (χ1v) is 6.41. The van der Waals surface area contributed by atoms with Crippen molar-refractivity contribution in [3.05, 3.63) is 41.5 Å². The zero-order valence-corrected chi connectivity index (χ0v) is 11.0. The van der Waals surface area contributed by atoms with E-state index in [-0.39, 0.29) is 0 Å². The molecule has 0 unspecified atom stereocenters. The van der Waals surface area contributed by atoms with Crippen LogP contribution in [0.25, 0.3) is 6.08 Å². The molecule has 1 aromatic carbocycles. The van der Waals surface area contributed by atoms with Crippen LogP contribution in [0.4, 0.5) is 0 Å². The van der Waals surface area contributed by atoms with Crippen molar-refractivity contribution in [3.8, 4) is 0 Å². The van der Waals surface area contributed by atoms with Gasteiger partial charge in [-0.3, -0.25) is 0 Å². The number of Topliss-reactive ketones (excluding diaryl/α,β-unsaturated/α-hetero) is 1. The molecule has 0 aliphatic carbocycles. The van der Waals surface area contributed by atoms with Gasteiger partial charge >= 0.3 is 0 Å². The van der Waals surface area contributed by atoms with Crippen molar-refractivity contribution in [3.63, 3.8) is 0 Å². The molecule has 92 valence electrons. The molecule has 0 fully saturated rings. The molecule has 0 amide bonds. The Hall–Kier alpha value is -1.37. The third-order valence-corrected chi connectivity index (χ3v) is 3.05. The molecule has 0 N–H and O–H groups in total. The van der Waals surface area contributed by atoms with E-state index in [2.05, 4.69) is 31.7 Å². The second kappa shape index (κ2) is 7.05. The molecular formula is C16H22O. The largest absolute Gasteiger partial charge is 0.300 e. The summed E-state index contributed by atoms with van der Waals surface area (Å²) in [7, 11) is 0. The molecule has 0 heterocycles. The zero-order chi connectivity index (χ0) is 12.7. The van der Waals surface area contributed by atoms with E-state index >= 15 is 0 Å². The van der Waals surface area contributed by atoms with Gasteiger partial charge in [-0.2, -0.15) is 0 Å². The average Bonchev–Trinajstić information content (AvgIpc) is 2.34. The van der Waals surface area contributed by atoms with Gasteiger partial charge in [-0.15, -0.1) is 0 Å². The number of carbonyl (C=O) groups is 1. The van der Waals surface area contributed by atoms with Crippen LogP contribution in [0.3, 0.4) is 0 Å². The Morgan fingerprint density at radius 1 is 1.35 bits per heavy atom. The van der Waals surface area contributed by atoms with Gasteiger partial charge in [0.25, 0.3) is 0 Å². The van der Waals surface area contributed by atoms with E-state index in [4.69, 9.17) is 0 Å². The highest BCUT2D eigenvalue weighted by molar-refractivity contribution is 5.75. The number of aryl methyl sites for hydroxylation is 2. The van der Waals surface area contributed by atoms with Crippen LogP contribution >= 0.6 is 0 Å². The average molecular weight is 230 g/mol. The number of benzene rings is 1. The van der Waals surface area contributed by atoms with E-state index in [0.29, 0.717) is 12.2 Å². The third-order valence-electron chi connectivity index (χ3n) is 3.05. The normalized spacial score (nSPS) is 10.2. The molecule has 1 rings (SSSR count). The number of hydrogen-bond donors (Lipinski definition) is 0. The quantitative estimate of drug-likeness (QED) is 0.642. The fourth-order valence-electron chi connectivity index (χ4n) is 2.02. The van der Waals surface area contributed by atoms with E-state index in [1.54, 1.807) is 6.92 Å². The molecule has 0 saturated carbocycles. The minimum atomic E-state index is 0.293. The highest BCUT2D eigenvalue weighted by Crippen LogP contribution is 2.16. The number of rotatable bonds is 7. The van der Waals surface area contributed by atoms with Gasteiger partial charge < -0.3 is 4.79 Å². The molecule has 0 radical (unpaired) electrons. The molecule has 1 nitrogen and oxygen atoms in total. The van der Waals surface area contributed by atoms with Crippen LogP contribution in [0.2, 0.25) is 0 Å². The summed E-state index contributed by atoms with van der Waals surface area (Å²) in [6.45, 7) is 7.66. The minimum Gasteiger partial charge on any atom is -0.300 e. The monoisotopic (exact) mass is 230 g/mol. The van der Waals surface area contributed by atoms with Gasteiger partial charge in [0.05, 0.1) is 0 Å².